The first kappa shape index (κ1) is 15.5. The lowest BCUT2D eigenvalue weighted by molar-refractivity contribution is 0.350. The highest BCUT2D eigenvalue weighted by molar-refractivity contribution is 7.94. The molecule has 0 spiro atoms. The predicted molar refractivity (Wildman–Crippen MR) is 82.8 cm³/mol. The van der Waals surface area contributed by atoms with Crippen LogP contribution in [-0.2, 0) is 10.0 Å². The van der Waals surface area contributed by atoms with Crippen molar-refractivity contribution in [3.8, 4) is 11.8 Å². The lowest BCUT2D eigenvalue weighted by atomic mass is 10.1. The number of nitrogens with one attached hydrogen (secondary N) is 1. The maximum absolute atomic E-state index is 12.3. The average Bonchev–Trinajstić information content (AvgIpc) is 2.85. The predicted octanol–water partition coefficient (Wildman–Crippen LogP) is 1.90. The van der Waals surface area contributed by atoms with E-state index in [9.17, 15) is 8.42 Å². The fourth-order valence-electron chi connectivity index (χ4n) is 1.65. The highest BCUT2D eigenvalue weighted by Crippen LogP contribution is 2.24. The van der Waals surface area contributed by atoms with E-state index in [1.54, 1.807) is 19.1 Å². The van der Waals surface area contributed by atoms with Gasteiger partial charge in [0.25, 0.3) is 10.0 Å². The zero-order valence-electron chi connectivity index (χ0n) is 11.5. The van der Waals surface area contributed by atoms with E-state index < -0.39 is 10.0 Å². The second-order valence-electron chi connectivity index (χ2n) is 4.31. The number of aliphatic hydroxyl groups excluding tert-OH is 1. The van der Waals surface area contributed by atoms with Gasteiger partial charge in [0.05, 0.1) is 16.9 Å². The van der Waals surface area contributed by atoms with Crippen molar-refractivity contribution in [2.24, 2.45) is 0 Å². The van der Waals surface area contributed by atoms with Gasteiger partial charge in [-0.1, -0.05) is 17.9 Å². The molecular weight excluding hydrogens is 308 g/mol. The van der Waals surface area contributed by atoms with E-state index in [4.69, 9.17) is 5.11 Å². The van der Waals surface area contributed by atoms with Crippen LogP contribution in [0.5, 0.6) is 0 Å². The van der Waals surface area contributed by atoms with E-state index in [2.05, 4.69) is 21.5 Å². The van der Waals surface area contributed by atoms with Gasteiger partial charge in [0, 0.05) is 5.56 Å². The average molecular weight is 322 g/mol. The van der Waals surface area contributed by atoms with E-state index in [-0.39, 0.29) is 10.8 Å². The van der Waals surface area contributed by atoms with E-state index in [0.29, 0.717) is 16.3 Å². The van der Waals surface area contributed by atoms with Gasteiger partial charge in [-0.05, 0) is 31.5 Å². The molecule has 0 atom stereocenters. The molecule has 0 fully saturated rings. The van der Waals surface area contributed by atoms with Crippen LogP contribution in [0.2, 0.25) is 0 Å². The Kier molecular flexibility index (Phi) is 4.63. The highest BCUT2D eigenvalue weighted by Gasteiger charge is 2.18. The Balaban J connectivity index is 2.41. The summed E-state index contributed by atoms with van der Waals surface area (Å²) in [5.74, 6) is 5.25. The maximum Gasteiger partial charge on any atom is 0.273 e. The minimum absolute atomic E-state index is 0.155. The second-order valence-corrected chi connectivity index (χ2v) is 7.46. The molecule has 2 rings (SSSR count). The topological polar surface area (TPSA) is 79.3 Å². The Morgan fingerprint density at radius 3 is 2.76 bits per heavy atom. The van der Waals surface area contributed by atoms with Crippen LogP contribution >= 0.6 is 11.3 Å². The molecule has 0 unspecified atom stereocenters. The molecule has 0 aliphatic rings. The van der Waals surface area contributed by atoms with Crippen LogP contribution in [0.15, 0.2) is 28.6 Å². The zero-order valence-corrected chi connectivity index (χ0v) is 13.2. The molecule has 0 amide bonds. The maximum atomic E-state index is 12.3. The van der Waals surface area contributed by atoms with Crippen molar-refractivity contribution >= 4 is 27.0 Å². The molecule has 1 aromatic heterocycles. The number of hydrogen-bond acceptors (Lipinski definition) is 5. The molecule has 2 N–H and O–H groups in total. The highest BCUT2D eigenvalue weighted by atomic mass is 32.2. The van der Waals surface area contributed by atoms with Gasteiger partial charge in [-0.25, -0.2) is 13.4 Å². The van der Waals surface area contributed by atoms with Gasteiger partial charge in [0.1, 0.15) is 6.61 Å². The first-order valence-electron chi connectivity index (χ1n) is 6.08. The Hall–Kier alpha value is -1.88. The smallest absolute Gasteiger partial charge is 0.273 e. The van der Waals surface area contributed by atoms with Gasteiger partial charge in [-0.2, -0.15) is 0 Å². The molecule has 1 heterocycles. The van der Waals surface area contributed by atoms with Crippen molar-refractivity contribution in [2.45, 2.75) is 18.1 Å². The van der Waals surface area contributed by atoms with E-state index >= 15 is 0 Å². The van der Waals surface area contributed by atoms with Crippen LogP contribution in [0.3, 0.4) is 0 Å². The number of nitrogens with zero attached hydrogens (tertiary/aromatic N) is 1. The number of sulfonamides is 1. The van der Waals surface area contributed by atoms with Gasteiger partial charge in [-0.15, -0.1) is 11.3 Å². The number of benzene rings is 1. The molecular formula is C14H14N2O3S2. The molecule has 0 aliphatic carbocycles. The molecule has 0 radical (unpaired) electrons. The van der Waals surface area contributed by atoms with E-state index in [1.165, 1.54) is 6.20 Å². The van der Waals surface area contributed by atoms with Gasteiger partial charge >= 0.3 is 0 Å². The van der Waals surface area contributed by atoms with Gasteiger partial charge in [0.2, 0.25) is 0 Å². The van der Waals surface area contributed by atoms with Crippen LogP contribution < -0.4 is 4.72 Å². The normalized spacial score (nSPS) is 10.8. The SMILES string of the molecule is Cc1ccc(C#CCO)c(NS(=O)(=O)c2cnc(C)s2)c1. The summed E-state index contributed by atoms with van der Waals surface area (Å²) in [4.78, 5) is 3.95. The Labute approximate surface area is 127 Å². The molecule has 7 heteroatoms. The Morgan fingerprint density at radius 1 is 1.38 bits per heavy atom. The molecule has 5 nitrogen and oxygen atoms in total. The molecule has 0 saturated heterocycles. The molecule has 0 aliphatic heterocycles. The van der Waals surface area contributed by atoms with E-state index in [1.807, 2.05) is 13.0 Å². The Bertz CT molecular complexity index is 814. The minimum Gasteiger partial charge on any atom is -0.384 e. The van der Waals surface area contributed by atoms with Crippen LogP contribution in [0.1, 0.15) is 16.1 Å². The van der Waals surface area contributed by atoms with Crippen LogP contribution in [-0.4, -0.2) is 25.1 Å². The number of anilines is 1. The minimum atomic E-state index is -3.68. The number of rotatable bonds is 3. The van der Waals surface area contributed by atoms with Crippen molar-refractivity contribution in [2.75, 3.05) is 11.3 Å². The third-order valence-corrected chi connectivity index (χ3v) is 5.33. The molecule has 0 saturated carbocycles. The van der Waals surface area contributed by atoms with E-state index in [0.717, 1.165) is 16.9 Å². The fourth-order valence-corrected chi connectivity index (χ4v) is 3.83. The number of thiazole rings is 1. The van der Waals surface area contributed by atoms with Crippen molar-refractivity contribution < 1.29 is 13.5 Å². The summed E-state index contributed by atoms with van der Waals surface area (Å²) in [6, 6.07) is 5.25. The summed E-state index contributed by atoms with van der Waals surface area (Å²) in [7, 11) is -3.68. The lowest BCUT2D eigenvalue weighted by Crippen LogP contribution is -2.12. The third kappa shape index (κ3) is 3.82. The summed E-state index contributed by atoms with van der Waals surface area (Å²) in [5.41, 5.74) is 1.81. The van der Waals surface area contributed by atoms with Crippen molar-refractivity contribution in [1.82, 2.24) is 4.98 Å². The number of hydrogen-bond donors (Lipinski definition) is 2. The third-order valence-electron chi connectivity index (χ3n) is 2.59. The summed E-state index contributed by atoms with van der Waals surface area (Å²) in [6.45, 7) is 3.32. The fraction of sp³-hybridized carbons (Fsp3) is 0.214. The van der Waals surface area contributed by atoms with Crippen LogP contribution in [0.25, 0.3) is 0 Å². The van der Waals surface area contributed by atoms with Gasteiger partial charge in [-0.3, -0.25) is 4.72 Å². The monoisotopic (exact) mass is 322 g/mol. The number of aryl methyl sites for hydroxylation is 2. The van der Waals surface area contributed by atoms with Crippen LogP contribution in [0.4, 0.5) is 5.69 Å². The molecule has 21 heavy (non-hydrogen) atoms. The van der Waals surface area contributed by atoms with Gasteiger partial charge < -0.3 is 5.11 Å². The summed E-state index contributed by atoms with van der Waals surface area (Å²) < 4.78 is 27.3. The Morgan fingerprint density at radius 2 is 2.14 bits per heavy atom. The van der Waals surface area contributed by atoms with Crippen molar-refractivity contribution in [1.29, 1.82) is 0 Å². The number of aliphatic hydroxyl groups is 1. The summed E-state index contributed by atoms with van der Waals surface area (Å²) >= 11 is 1.10. The molecule has 0 bridgehead atoms. The zero-order chi connectivity index (χ0) is 15.5. The first-order valence-corrected chi connectivity index (χ1v) is 8.38. The van der Waals surface area contributed by atoms with Gasteiger partial charge in [0.15, 0.2) is 4.21 Å². The molecule has 1 aromatic carbocycles. The second kappa shape index (κ2) is 6.26. The molecule has 110 valence electrons. The first-order chi connectivity index (χ1) is 9.92. The standard InChI is InChI=1S/C14H14N2O3S2/c1-10-5-6-12(4-3-7-17)13(8-10)16-21(18,19)14-9-15-11(2)20-14/h5-6,8-9,16-17H,7H2,1-2H3. The van der Waals surface area contributed by atoms with Crippen LogP contribution in [0, 0.1) is 25.7 Å². The summed E-state index contributed by atoms with van der Waals surface area (Å²) in [6.07, 6.45) is 1.33. The lowest BCUT2D eigenvalue weighted by Gasteiger charge is -2.09. The molecule has 2 aromatic rings. The largest absolute Gasteiger partial charge is 0.384 e. The number of aromatic nitrogens is 1. The quantitative estimate of drug-likeness (QED) is 0.846. The van der Waals surface area contributed by atoms with Crippen molar-refractivity contribution in [3.63, 3.8) is 0 Å². The summed E-state index contributed by atoms with van der Waals surface area (Å²) in [5, 5.41) is 9.45. The van der Waals surface area contributed by atoms with Crippen molar-refractivity contribution in [3.05, 3.63) is 40.5 Å².